The Morgan fingerprint density at radius 1 is 1.15 bits per heavy atom. The number of pyridine rings is 1. The molecule has 2 aliphatic heterocycles. The molecule has 0 radical (unpaired) electrons. The van der Waals surface area contributed by atoms with Crippen LogP contribution in [0.15, 0.2) is 42.7 Å². The normalized spacial score (nSPS) is 22.1. The molecule has 1 aromatic carbocycles. The Bertz CT molecular complexity index is 915. The molecular formula is C18H15FN4O4. The van der Waals surface area contributed by atoms with E-state index in [1.54, 1.807) is 17.0 Å². The van der Waals surface area contributed by atoms with E-state index in [1.807, 2.05) is 0 Å². The third-order valence-electron chi connectivity index (χ3n) is 4.97. The summed E-state index contributed by atoms with van der Waals surface area (Å²) in [6, 6.07) is 6.84. The van der Waals surface area contributed by atoms with Crippen molar-refractivity contribution in [2.75, 3.05) is 18.0 Å². The molecule has 0 spiro atoms. The molecule has 2 unspecified atom stereocenters. The Morgan fingerprint density at radius 2 is 1.81 bits per heavy atom. The van der Waals surface area contributed by atoms with Gasteiger partial charge in [0.1, 0.15) is 18.1 Å². The minimum atomic E-state index is -1.40. The Labute approximate surface area is 153 Å². The van der Waals surface area contributed by atoms with Crippen molar-refractivity contribution >= 4 is 23.2 Å². The summed E-state index contributed by atoms with van der Waals surface area (Å²) in [5, 5.41) is 11.3. The number of alkyl halides is 1. The van der Waals surface area contributed by atoms with Crippen LogP contribution in [0.25, 0.3) is 0 Å². The largest absolute Gasteiger partial charge is 0.364 e. The smallest absolute Gasteiger partial charge is 0.310 e. The molecule has 4 rings (SSSR count). The minimum Gasteiger partial charge on any atom is -0.364 e. The number of nitrogens with zero attached hydrogens (tertiary/aromatic N) is 4. The summed E-state index contributed by atoms with van der Waals surface area (Å²) in [5.74, 6) is -1.07. The number of amides is 2. The minimum absolute atomic E-state index is 0.0164. The molecule has 1 fully saturated rings. The summed E-state index contributed by atoms with van der Waals surface area (Å²) in [4.78, 5) is 42.4. The van der Waals surface area contributed by atoms with Gasteiger partial charge in [0.25, 0.3) is 11.8 Å². The van der Waals surface area contributed by atoms with Crippen molar-refractivity contribution in [3.05, 3.63) is 64.0 Å². The quantitative estimate of drug-likeness (QED) is 0.467. The number of nitro groups is 1. The maximum absolute atomic E-state index is 14.7. The Balaban J connectivity index is 1.66. The number of anilines is 1. The van der Waals surface area contributed by atoms with Crippen molar-refractivity contribution < 1.29 is 18.9 Å². The highest BCUT2D eigenvalue weighted by atomic mass is 19.1. The fourth-order valence-electron chi connectivity index (χ4n) is 3.66. The molecule has 2 atom stereocenters. The van der Waals surface area contributed by atoms with Gasteiger partial charge in [-0.3, -0.25) is 29.6 Å². The van der Waals surface area contributed by atoms with Crippen molar-refractivity contribution in [2.24, 2.45) is 0 Å². The molecule has 0 saturated carbocycles. The van der Waals surface area contributed by atoms with E-state index in [0.717, 1.165) is 11.1 Å². The van der Waals surface area contributed by atoms with E-state index in [0.29, 0.717) is 5.69 Å². The van der Waals surface area contributed by atoms with Crippen LogP contribution in [0.3, 0.4) is 0 Å². The van der Waals surface area contributed by atoms with E-state index in [-0.39, 0.29) is 36.3 Å². The van der Waals surface area contributed by atoms with Crippen molar-refractivity contribution in [3.8, 4) is 0 Å². The lowest BCUT2D eigenvalue weighted by atomic mass is 10.0. The molecule has 0 aliphatic carbocycles. The molecule has 2 aromatic rings. The summed E-state index contributed by atoms with van der Waals surface area (Å²) < 4.78 is 14.7. The van der Waals surface area contributed by atoms with Crippen LogP contribution in [0.4, 0.5) is 15.8 Å². The number of aromatic nitrogens is 1. The highest BCUT2D eigenvalue weighted by molar-refractivity contribution is 6.21. The zero-order valence-electron chi connectivity index (χ0n) is 14.1. The van der Waals surface area contributed by atoms with E-state index in [4.69, 9.17) is 0 Å². The fraction of sp³-hybridized carbons (Fsp3) is 0.278. The van der Waals surface area contributed by atoms with Crippen molar-refractivity contribution in [2.45, 2.75) is 18.6 Å². The van der Waals surface area contributed by atoms with Crippen LogP contribution in [-0.4, -0.2) is 51.9 Å². The number of hydrogen-bond acceptors (Lipinski definition) is 6. The highest BCUT2D eigenvalue weighted by Crippen LogP contribution is 2.33. The zero-order valence-corrected chi connectivity index (χ0v) is 14.1. The van der Waals surface area contributed by atoms with Crippen molar-refractivity contribution in [1.29, 1.82) is 0 Å². The lowest BCUT2D eigenvalue weighted by molar-refractivity contribution is -0.384. The number of halogens is 1. The van der Waals surface area contributed by atoms with Crippen LogP contribution in [0.2, 0.25) is 0 Å². The maximum Gasteiger partial charge on any atom is 0.310 e. The zero-order chi connectivity index (χ0) is 19.1. The number of imide groups is 1. The molecule has 138 valence electrons. The summed E-state index contributed by atoms with van der Waals surface area (Å²) in [5.41, 5.74) is 0.600. The first-order valence-corrected chi connectivity index (χ1v) is 8.43. The first kappa shape index (κ1) is 17.1. The van der Waals surface area contributed by atoms with Gasteiger partial charge in [-0.25, -0.2) is 4.39 Å². The van der Waals surface area contributed by atoms with Gasteiger partial charge >= 0.3 is 5.69 Å². The second-order valence-electron chi connectivity index (χ2n) is 6.47. The SMILES string of the molecule is O=C1c2ccccc2C(=O)N1C1CN(c2ccncc2[N+](=O)[O-])CCC1F. The molecular weight excluding hydrogens is 355 g/mol. The van der Waals surface area contributed by atoms with E-state index < -0.39 is 29.0 Å². The molecule has 0 bridgehead atoms. The van der Waals surface area contributed by atoms with Crippen LogP contribution in [0.5, 0.6) is 0 Å². The number of rotatable bonds is 3. The molecule has 9 heteroatoms. The van der Waals surface area contributed by atoms with Gasteiger partial charge in [-0.05, 0) is 24.6 Å². The van der Waals surface area contributed by atoms with Gasteiger partial charge in [0, 0.05) is 19.3 Å². The Hall–Kier alpha value is -3.36. The van der Waals surface area contributed by atoms with Crippen LogP contribution in [0, 0.1) is 10.1 Å². The summed E-state index contributed by atoms with van der Waals surface area (Å²) in [7, 11) is 0. The monoisotopic (exact) mass is 370 g/mol. The molecule has 0 N–H and O–H groups in total. The first-order valence-electron chi connectivity index (χ1n) is 8.43. The van der Waals surface area contributed by atoms with Gasteiger partial charge < -0.3 is 4.90 Å². The lowest BCUT2D eigenvalue weighted by Crippen LogP contribution is -2.56. The van der Waals surface area contributed by atoms with Gasteiger partial charge in [-0.15, -0.1) is 0 Å². The molecule has 1 aromatic heterocycles. The van der Waals surface area contributed by atoms with Gasteiger partial charge in [0.2, 0.25) is 0 Å². The molecule has 27 heavy (non-hydrogen) atoms. The number of carbonyl (C=O) groups is 2. The fourth-order valence-corrected chi connectivity index (χ4v) is 3.66. The van der Waals surface area contributed by atoms with Gasteiger partial charge in [0.15, 0.2) is 0 Å². The number of hydrogen-bond donors (Lipinski definition) is 0. The maximum atomic E-state index is 14.7. The van der Waals surface area contributed by atoms with E-state index in [1.165, 1.54) is 24.4 Å². The van der Waals surface area contributed by atoms with Gasteiger partial charge in [-0.2, -0.15) is 0 Å². The van der Waals surface area contributed by atoms with E-state index >= 15 is 0 Å². The molecule has 1 saturated heterocycles. The topological polar surface area (TPSA) is 96.7 Å². The van der Waals surface area contributed by atoms with E-state index in [2.05, 4.69) is 4.98 Å². The number of benzene rings is 1. The average Bonchev–Trinajstić information content (AvgIpc) is 2.93. The first-order chi connectivity index (χ1) is 13.0. The van der Waals surface area contributed by atoms with Crippen LogP contribution in [0.1, 0.15) is 27.1 Å². The van der Waals surface area contributed by atoms with Crippen LogP contribution >= 0.6 is 0 Å². The average molecular weight is 370 g/mol. The molecule has 8 nitrogen and oxygen atoms in total. The lowest BCUT2D eigenvalue weighted by Gasteiger charge is -2.39. The summed E-state index contributed by atoms with van der Waals surface area (Å²) in [6.45, 7) is 0.225. The highest BCUT2D eigenvalue weighted by Gasteiger charge is 2.45. The summed E-state index contributed by atoms with van der Waals surface area (Å²) >= 11 is 0. The predicted molar refractivity (Wildman–Crippen MR) is 93.3 cm³/mol. The standard InChI is InChI=1S/C18H15FN4O4/c19-13-6-8-21(14-5-7-20-9-15(14)23(26)27)10-16(13)22-17(24)11-3-1-2-4-12(11)18(22)25/h1-5,7,9,13,16H,6,8,10H2. The van der Waals surface area contributed by atoms with Crippen LogP contribution < -0.4 is 4.90 Å². The summed E-state index contributed by atoms with van der Waals surface area (Å²) in [6.07, 6.45) is 1.20. The molecule has 2 aliphatic rings. The Kier molecular flexibility index (Phi) is 4.06. The van der Waals surface area contributed by atoms with Crippen LogP contribution in [-0.2, 0) is 0 Å². The second-order valence-corrected chi connectivity index (χ2v) is 6.47. The van der Waals surface area contributed by atoms with Crippen molar-refractivity contribution in [3.63, 3.8) is 0 Å². The Morgan fingerprint density at radius 3 is 2.44 bits per heavy atom. The molecule has 3 heterocycles. The number of piperidine rings is 1. The molecule has 2 amide bonds. The van der Waals surface area contributed by atoms with Gasteiger partial charge in [0.05, 0.1) is 22.1 Å². The van der Waals surface area contributed by atoms with Gasteiger partial charge in [-0.1, -0.05) is 12.1 Å². The third-order valence-corrected chi connectivity index (χ3v) is 4.97. The third kappa shape index (κ3) is 2.71. The van der Waals surface area contributed by atoms with Crippen molar-refractivity contribution in [1.82, 2.24) is 9.88 Å². The van der Waals surface area contributed by atoms with E-state index in [9.17, 15) is 24.1 Å². The second kappa shape index (κ2) is 6.42. The number of carbonyl (C=O) groups excluding carboxylic acids is 2. The predicted octanol–water partition coefficient (Wildman–Crippen LogP) is 2.20. The number of fused-ring (bicyclic) bond motifs is 1.